The molecule has 0 amide bonds. The Balaban J connectivity index is 1.37. The number of aliphatic hydroxyl groups is 3. The molecule has 0 radical (unpaired) electrons. The number of piperidine rings is 1. The van der Waals surface area contributed by atoms with Crippen molar-refractivity contribution in [2.45, 2.75) is 67.2 Å². The summed E-state index contributed by atoms with van der Waals surface area (Å²) < 4.78 is 22.8. The normalized spacial score (nSPS) is 44.3. The van der Waals surface area contributed by atoms with Crippen LogP contribution in [-0.4, -0.2) is 101 Å². The van der Waals surface area contributed by atoms with E-state index in [1.54, 1.807) is 6.07 Å². The SMILES string of the molecule is COC(=O)[C@H]1O[C@@H](O[C@H]2C=C[C@H]3[C@H]4Cc5ccc(O)c6c5[C@@]3(CCN4C)[C@H]2O6)[C@H](O)[C@@H](O)[C@@H]1O. The highest BCUT2D eigenvalue weighted by Crippen LogP contribution is 2.62. The predicted molar refractivity (Wildman–Crippen MR) is 115 cm³/mol. The van der Waals surface area contributed by atoms with E-state index in [4.69, 9.17) is 14.2 Å². The summed E-state index contributed by atoms with van der Waals surface area (Å²) in [4.78, 5) is 14.4. The van der Waals surface area contributed by atoms with Gasteiger partial charge in [0.25, 0.3) is 0 Å². The molecule has 1 aromatic rings. The second-order valence-corrected chi connectivity index (χ2v) is 9.96. The predicted octanol–water partition coefficient (Wildman–Crippen LogP) is -0.797. The third-order valence-corrected chi connectivity index (χ3v) is 8.42. The van der Waals surface area contributed by atoms with Gasteiger partial charge in [-0.25, -0.2) is 4.79 Å². The summed E-state index contributed by atoms with van der Waals surface area (Å²) in [5, 5.41) is 41.7. The first kappa shape index (κ1) is 22.3. The number of carbonyl (C=O) groups excluding carboxylic acids is 1. The number of esters is 1. The van der Waals surface area contributed by atoms with Crippen LogP contribution in [0.4, 0.5) is 0 Å². The number of methoxy groups -OCH3 is 1. The van der Waals surface area contributed by atoms with E-state index < -0.39 is 54.3 Å². The van der Waals surface area contributed by atoms with Crippen molar-refractivity contribution in [3.63, 3.8) is 0 Å². The molecule has 2 bridgehead atoms. The van der Waals surface area contributed by atoms with Gasteiger partial charge in [0.05, 0.1) is 7.11 Å². The fraction of sp³-hybridized carbons (Fsp3) is 0.625. The van der Waals surface area contributed by atoms with Crippen LogP contribution in [0.3, 0.4) is 0 Å². The molecule has 3 aliphatic heterocycles. The summed E-state index contributed by atoms with van der Waals surface area (Å²) in [7, 11) is 3.26. The summed E-state index contributed by atoms with van der Waals surface area (Å²) in [6, 6.07) is 3.90. The van der Waals surface area contributed by atoms with Crippen molar-refractivity contribution < 1.29 is 44.2 Å². The number of phenolic OH excluding ortho intramolecular Hbond substituents is 1. The highest BCUT2D eigenvalue weighted by Gasteiger charge is 2.65. The Morgan fingerprint density at radius 3 is 2.74 bits per heavy atom. The van der Waals surface area contributed by atoms with Crippen LogP contribution >= 0.6 is 0 Å². The number of likely N-dealkylation sites (tertiary alicyclic amines) is 1. The minimum absolute atomic E-state index is 0.0793. The Kier molecular flexibility index (Phi) is 5.01. The molecular formula is C24H29NO9. The van der Waals surface area contributed by atoms with E-state index in [0.717, 1.165) is 37.6 Å². The molecule has 1 aromatic carbocycles. The number of ether oxygens (including phenoxy) is 4. The molecule has 10 heteroatoms. The van der Waals surface area contributed by atoms with Gasteiger partial charge in [-0.2, -0.15) is 0 Å². The van der Waals surface area contributed by atoms with Gasteiger partial charge in [0.15, 0.2) is 23.9 Å². The number of rotatable bonds is 3. The summed E-state index contributed by atoms with van der Waals surface area (Å²) >= 11 is 0. The molecule has 5 aliphatic rings. The van der Waals surface area contributed by atoms with Gasteiger partial charge in [-0.3, -0.25) is 0 Å². The van der Waals surface area contributed by atoms with E-state index in [0.29, 0.717) is 5.75 Å². The molecule has 2 fully saturated rings. The number of phenols is 1. The maximum absolute atomic E-state index is 12.1. The van der Waals surface area contributed by atoms with E-state index in [2.05, 4.69) is 22.8 Å². The van der Waals surface area contributed by atoms with E-state index in [1.807, 2.05) is 12.1 Å². The Morgan fingerprint density at radius 1 is 1.18 bits per heavy atom. The quantitative estimate of drug-likeness (QED) is 0.325. The van der Waals surface area contributed by atoms with Gasteiger partial charge >= 0.3 is 5.97 Å². The summed E-state index contributed by atoms with van der Waals surface area (Å²) in [5.41, 5.74) is 1.76. The van der Waals surface area contributed by atoms with Crippen LogP contribution in [0.15, 0.2) is 24.3 Å². The zero-order chi connectivity index (χ0) is 23.9. The van der Waals surface area contributed by atoms with Crippen LogP contribution in [0.5, 0.6) is 11.5 Å². The monoisotopic (exact) mass is 475 g/mol. The number of likely N-dealkylation sites (N-methyl/N-ethyl adjacent to an activating group) is 1. The standard InChI is InChI=1S/C24H29NO9/c1-25-8-7-24-11-4-6-14(32-23-18(29)16(27)17(28)20(34-23)22(30)31-2)21(24)33-19-13(26)5-3-10(15(19)24)9-12(11)25/h3-6,11-12,14,16-18,20-21,23,26-29H,7-9H2,1-2H3/t11-,12+,14-,16-,17-,18+,20-,21-,23+,24-/m0/s1. The van der Waals surface area contributed by atoms with E-state index in [9.17, 15) is 25.2 Å². The Bertz CT molecular complexity index is 1050. The average molecular weight is 475 g/mol. The minimum Gasteiger partial charge on any atom is -0.504 e. The lowest BCUT2D eigenvalue weighted by molar-refractivity contribution is -0.307. The van der Waals surface area contributed by atoms with E-state index >= 15 is 0 Å². The Morgan fingerprint density at radius 2 is 1.97 bits per heavy atom. The molecule has 0 saturated carbocycles. The lowest BCUT2D eigenvalue weighted by Crippen LogP contribution is -2.66. The smallest absolute Gasteiger partial charge is 0.337 e. The fourth-order valence-electron chi connectivity index (χ4n) is 6.76. The average Bonchev–Trinajstić information content (AvgIpc) is 3.19. The van der Waals surface area contributed by atoms with Crippen LogP contribution in [0, 0.1) is 5.92 Å². The minimum atomic E-state index is -1.67. The number of carbonyl (C=O) groups is 1. The van der Waals surface area contributed by atoms with Gasteiger partial charge in [-0.1, -0.05) is 18.2 Å². The molecule has 10 nitrogen and oxygen atoms in total. The topological polar surface area (TPSA) is 138 Å². The number of benzene rings is 1. The molecule has 34 heavy (non-hydrogen) atoms. The molecule has 0 aromatic heterocycles. The first-order chi connectivity index (χ1) is 16.3. The number of hydrogen-bond acceptors (Lipinski definition) is 10. The molecule has 6 rings (SSSR count). The second-order valence-electron chi connectivity index (χ2n) is 9.96. The van der Waals surface area contributed by atoms with Crippen LogP contribution in [0.2, 0.25) is 0 Å². The van der Waals surface area contributed by atoms with E-state index in [-0.39, 0.29) is 17.7 Å². The highest BCUT2D eigenvalue weighted by atomic mass is 16.7. The number of nitrogens with zero attached hydrogens (tertiary/aromatic N) is 1. The van der Waals surface area contributed by atoms with Crippen LogP contribution in [-0.2, 0) is 30.8 Å². The third kappa shape index (κ3) is 2.81. The third-order valence-electron chi connectivity index (χ3n) is 8.42. The second kappa shape index (κ2) is 7.64. The van der Waals surface area contributed by atoms with Crippen molar-refractivity contribution in [2.24, 2.45) is 5.92 Å². The maximum atomic E-state index is 12.1. The molecule has 184 valence electrons. The van der Waals surface area contributed by atoms with Gasteiger partial charge in [0.1, 0.15) is 30.5 Å². The molecule has 1 spiro atoms. The van der Waals surface area contributed by atoms with Crippen LogP contribution < -0.4 is 4.74 Å². The molecule has 2 aliphatic carbocycles. The lowest BCUT2D eigenvalue weighted by Gasteiger charge is -2.57. The van der Waals surface area contributed by atoms with Crippen molar-refractivity contribution in [2.75, 3.05) is 20.7 Å². The van der Waals surface area contributed by atoms with Gasteiger partial charge < -0.3 is 44.3 Å². The Hall–Kier alpha value is -2.21. The molecule has 4 N–H and O–H groups in total. The molecule has 0 unspecified atom stereocenters. The molecule has 3 heterocycles. The first-order valence-electron chi connectivity index (χ1n) is 11.6. The maximum Gasteiger partial charge on any atom is 0.337 e. The largest absolute Gasteiger partial charge is 0.504 e. The van der Waals surface area contributed by atoms with Gasteiger partial charge in [0, 0.05) is 22.9 Å². The van der Waals surface area contributed by atoms with Crippen molar-refractivity contribution >= 4 is 5.97 Å². The summed E-state index contributed by atoms with van der Waals surface area (Å²) in [5.74, 6) is -0.176. The fourth-order valence-corrected chi connectivity index (χ4v) is 6.76. The first-order valence-corrected chi connectivity index (χ1v) is 11.6. The number of aromatic hydroxyl groups is 1. The highest BCUT2D eigenvalue weighted by molar-refractivity contribution is 5.75. The molecule has 10 atom stereocenters. The van der Waals surface area contributed by atoms with Crippen LogP contribution in [0.25, 0.3) is 0 Å². The van der Waals surface area contributed by atoms with Crippen molar-refractivity contribution in [3.05, 3.63) is 35.4 Å². The van der Waals surface area contributed by atoms with Crippen molar-refractivity contribution in [3.8, 4) is 11.5 Å². The Labute approximate surface area is 196 Å². The molecular weight excluding hydrogens is 446 g/mol. The number of hydrogen-bond donors (Lipinski definition) is 4. The van der Waals surface area contributed by atoms with Crippen molar-refractivity contribution in [1.29, 1.82) is 0 Å². The number of aliphatic hydroxyl groups excluding tert-OH is 3. The van der Waals surface area contributed by atoms with E-state index in [1.165, 1.54) is 0 Å². The van der Waals surface area contributed by atoms with Gasteiger partial charge in [-0.15, -0.1) is 0 Å². The summed E-state index contributed by atoms with van der Waals surface area (Å²) in [6.07, 6.45) is -3.40. The molecule has 2 saturated heterocycles. The zero-order valence-corrected chi connectivity index (χ0v) is 18.9. The van der Waals surface area contributed by atoms with Gasteiger partial charge in [-0.05, 0) is 38.1 Å². The zero-order valence-electron chi connectivity index (χ0n) is 18.9. The summed E-state index contributed by atoms with van der Waals surface area (Å²) in [6.45, 7) is 0.855. The van der Waals surface area contributed by atoms with Crippen molar-refractivity contribution in [1.82, 2.24) is 4.90 Å². The van der Waals surface area contributed by atoms with Gasteiger partial charge in [0.2, 0.25) is 0 Å². The van der Waals surface area contributed by atoms with Crippen LogP contribution in [0.1, 0.15) is 17.5 Å². The lowest BCUT2D eigenvalue weighted by atomic mass is 9.53.